The molecule has 0 heterocycles. The second kappa shape index (κ2) is 8.79. The van der Waals surface area contributed by atoms with Crippen LogP contribution in [0, 0.1) is 6.92 Å². The molecule has 6 heteroatoms. The van der Waals surface area contributed by atoms with Crippen molar-refractivity contribution in [3.05, 3.63) is 28.2 Å². The fourth-order valence-corrected chi connectivity index (χ4v) is 2.11. The van der Waals surface area contributed by atoms with Crippen molar-refractivity contribution in [1.29, 1.82) is 0 Å². The number of amides is 2. The first kappa shape index (κ1) is 17.7. The maximum atomic E-state index is 11.8. The van der Waals surface area contributed by atoms with Crippen LogP contribution in [0.2, 0.25) is 0 Å². The van der Waals surface area contributed by atoms with Gasteiger partial charge >= 0.3 is 0 Å². The Hall–Kier alpha value is -1.40. The number of nitrogens with one attached hydrogen (secondary N) is 1. The first-order chi connectivity index (χ1) is 9.95. The minimum atomic E-state index is -0.0906. The molecule has 5 nitrogen and oxygen atoms in total. The maximum Gasteiger partial charge on any atom is 0.223 e. The second-order valence-electron chi connectivity index (χ2n) is 4.70. The summed E-state index contributed by atoms with van der Waals surface area (Å²) in [5.41, 5.74) is 1.84. The molecule has 1 N–H and O–H groups in total. The third-order valence-corrected chi connectivity index (χ3v) is 3.91. The van der Waals surface area contributed by atoms with Gasteiger partial charge in [-0.05, 0) is 30.7 Å². The van der Waals surface area contributed by atoms with E-state index in [4.69, 9.17) is 4.74 Å². The molecule has 0 aromatic heterocycles. The van der Waals surface area contributed by atoms with Crippen LogP contribution in [0.5, 0.6) is 0 Å². The Labute approximate surface area is 133 Å². The van der Waals surface area contributed by atoms with Crippen LogP contribution in [0.15, 0.2) is 22.7 Å². The zero-order valence-electron chi connectivity index (χ0n) is 12.6. The fourth-order valence-electron chi connectivity index (χ4n) is 1.86. The zero-order chi connectivity index (χ0) is 15.8. The van der Waals surface area contributed by atoms with E-state index in [0.29, 0.717) is 19.7 Å². The van der Waals surface area contributed by atoms with E-state index in [1.165, 1.54) is 6.92 Å². The normalized spacial score (nSPS) is 10.3. The van der Waals surface area contributed by atoms with Crippen molar-refractivity contribution >= 4 is 33.4 Å². The van der Waals surface area contributed by atoms with Gasteiger partial charge in [0.2, 0.25) is 11.8 Å². The van der Waals surface area contributed by atoms with Crippen LogP contribution in [-0.4, -0.2) is 38.6 Å². The van der Waals surface area contributed by atoms with Gasteiger partial charge in [0, 0.05) is 43.7 Å². The molecule has 0 spiro atoms. The van der Waals surface area contributed by atoms with E-state index >= 15 is 0 Å². The Morgan fingerprint density at radius 2 is 2.10 bits per heavy atom. The molecule has 0 radical (unpaired) electrons. The molecule has 1 aromatic rings. The average Bonchev–Trinajstić information content (AvgIpc) is 2.43. The van der Waals surface area contributed by atoms with E-state index in [1.54, 1.807) is 12.0 Å². The van der Waals surface area contributed by atoms with Gasteiger partial charge < -0.3 is 15.0 Å². The summed E-state index contributed by atoms with van der Waals surface area (Å²) in [7, 11) is 1.58. The molecule has 0 aliphatic rings. The fraction of sp³-hybridized carbons (Fsp3) is 0.467. The molecule has 0 fully saturated rings. The van der Waals surface area contributed by atoms with Crippen molar-refractivity contribution in [2.24, 2.45) is 0 Å². The highest BCUT2D eigenvalue weighted by Gasteiger charge is 2.14. The largest absolute Gasteiger partial charge is 0.383 e. The number of carbonyl (C=O) groups is 2. The molecule has 1 aromatic carbocycles. The maximum absolute atomic E-state index is 11.8. The molecule has 0 aliphatic heterocycles. The SMILES string of the molecule is COCCNC(=O)CCN(C(C)=O)c1ccc(Br)c(C)c1. The summed E-state index contributed by atoms with van der Waals surface area (Å²) in [4.78, 5) is 25.1. The molecule has 0 saturated carbocycles. The highest BCUT2D eigenvalue weighted by atomic mass is 79.9. The Bertz CT molecular complexity index is 506. The minimum absolute atomic E-state index is 0.0820. The number of hydrogen-bond acceptors (Lipinski definition) is 3. The molecule has 21 heavy (non-hydrogen) atoms. The van der Waals surface area contributed by atoms with Crippen LogP contribution in [0.3, 0.4) is 0 Å². The molecule has 2 amide bonds. The standard InChI is InChI=1S/C15H21BrN2O3/c1-11-10-13(4-5-14(11)16)18(12(2)19)8-6-15(20)17-7-9-21-3/h4-5,10H,6-9H2,1-3H3,(H,17,20). The van der Waals surface area contributed by atoms with Crippen molar-refractivity contribution in [2.75, 3.05) is 31.7 Å². The summed E-state index contributed by atoms with van der Waals surface area (Å²) in [6.07, 6.45) is 0.262. The summed E-state index contributed by atoms with van der Waals surface area (Å²) >= 11 is 3.43. The lowest BCUT2D eigenvalue weighted by Crippen LogP contribution is -2.34. The van der Waals surface area contributed by atoms with Crippen molar-refractivity contribution in [1.82, 2.24) is 5.32 Å². The quantitative estimate of drug-likeness (QED) is 0.762. The van der Waals surface area contributed by atoms with E-state index < -0.39 is 0 Å². The summed E-state index contributed by atoms with van der Waals surface area (Å²) in [5, 5.41) is 2.74. The first-order valence-electron chi connectivity index (χ1n) is 6.75. The van der Waals surface area contributed by atoms with E-state index in [9.17, 15) is 9.59 Å². The number of rotatable bonds is 7. The topological polar surface area (TPSA) is 58.6 Å². The van der Waals surface area contributed by atoms with Crippen LogP contribution in [0.4, 0.5) is 5.69 Å². The first-order valence-corrected chi connectivity index (χ1v) is 7.55. The van der Waals surface area contributed by atoms with Crippen LogP contribution in [-0.2, 0) is 14.3 Å². The van der Waals surface area contributed by atoms with Gasteiger partial charge in [-0.2, -0.15) is 0 Å². The van der Waals surface area contributed by atoms with E-state index in [-0.39, 0.29) is 18.2 Å². The monoisotopic (exact) mass is 356 g/mol. The van der Waals surface area contributed by atoms with Crippen molar-refractivity contribution in [3.8, 4) is 0 Å². The van der Waals surface area contributed by atoms with Crippen LogP contribution < -0.4 is 10.2 Å². The number of hydrogen-bond donors (Lipinski definition) is 1. The molecule has 0 saturated heterocycles. The Kier molecular flexibility index (Phi) is 7.39. The van der Waals surface area contributed by atoms with Crippen molar-refractivity contribution < 1.29 is 14.3 Å². The molecule has 0 atom stereocenters. The lowest BCUT2D eigenvalue weighted by Gasteiger charge is -2.21. The van der Waals surface area contributed by atoms with Crippen LogP contribution in [0.25, 0.3) is 0 Å². The minimum Gasteiger partial charge on any atom is -0.383 e. The average molecular weight is 357 g/mol. The van der Waals surface area contributed by atoms with Crippen molar-refractivity contribution in [2.45, 2.75) is 20.3 Å². The third kappa shape index (κ3) is 5.85. The summed E-state index contributed by atoms with van der Waals surface area (Å²) in [6.45, 7) is 4.78. The molecular weight excluding hydrogens is 336 g/mol. The molecular formula is C15H21BrN2O3. The highest BCUT2D eigenvalue weighted by molar-refractivity contribution is 9.10. The summed E-state index contributed by atoms with van der Waals surface area (Å²) in [5.74, 6) is -0.173. The second-order valence-corrected chi connectivity index (χ2v) is 5.55. The highest BCUT2D eigenvalue weighted by Crippen LogP contribution is 2.23. The van der Waals surface area contributed by atoms with Gasteiger partial charge in [0.15, 0.2) is 0 Å². The number of methoxy groups -OCH3 is 1. The predicted molar refractivity (Wildman–Crippen MR) is 86.4 cm³/mol. The Morgan fingerprint density at radius 3 is 2.67 bits per heavy atom. The van der Waals surface area contributed by atoms with Crippen LogP contribution >= 0.6 is 15.9 Å². The zero-order valence-corrected chi connectivity index (χ0v) is 14.2. The van der Waals surface area contributed by atoms with Gasteiger partial charge in [0.25, 0.3) is 0 Å². The predicted octanol–water partition coefficient (Wildman–Crippen LogP) is 2.26. The van der Waals surface area contributed by atoms with Gasteiger partial charge in [-0.25, -0.2) is 0 Å². The number of ether oxygens (including phenoxy) is 1. The number of halogens is 1. The third-order valence-electron chi connectivity index (χ3n) is 3.02. The molecule has 0 unspecified atom stereocenters. The molecule has 1 rings (SSSR count). The Balaban J connectivity index is 2.64. The van der Waals surface area contributed by atoms with Crippen molar-refractivity contribution in [3.63, 3.8) is 0 Å². The number of benzene rings is 1. The number of nitrogens with zero attached hydrogens (tertiary/aromatic N) is 1. The lowest BCUT2D eigenvalue weighted by atomic mass is 10.2. The summed E-state index contributed by atoms with van der Waals surface area (Å²) in [6, 6.07) is 5.69. The number of aryl methyl sites for hydroxylation is 1. The van der Waals surface area contributed by atoms with E-state index in [2.05, 4.69) is 21.2 Å². The smallest absolute Gasteiger partial charge is 0.223 e. The molecule has 0 aliphatic carbocycles. The van der Waals surface area contributed by atoms with E-state index in [1.807, 2.05) is 25.1 Å². The lowest BCUT2D eigenvalue weighted by molar-refractivity contribution is -0.121. The van der Waals surface area contributed by atoms with Gasteiger partial charge in [-0.3, -0.25) is 9.59 Å². The summed E-state index contributed by atoms with van der Waals surface area (Å²) < 4.78 is 5.86. The Morgan fingerprint density at radius 1 is 1.38 bits per heavy atom. The van der Waals surface area contributed by atoms with E-state index in [0.717, 1.165) is 15.7 Å². The van der Waals surface area contributed by atoms with Gasteiger partial charge in [-0.15, -0.1) is 0 Å². The van der Waals surface area contributed by atoms with Gasteiger partial charge in [0.05, 0.1) is 6.61 Å². The number of carbonyl (C=O) groups excluding carboxylic acids is 2. The molecule has 0 bridgehead atoms. The van der Waals surface area contributed by atoms with Crippen LogP contribution in [0.1, 0.15) is 18.9 Å². The van der Waals surface area contributed by atoms with Gasteiger partial charge in [0.1, 0.15) is 0 Å². The molecule has 116 valence electrons. The van der Waals surface area contributed by atoms with Gasteiger partial charge in [-0.1, -0.05) is 15.9 Å². The number of anilines is 1.